The molecule has 2 aromatic carbocycles. The summed E-state index contributed by atoms with van der Waals surface area (Å²) in [5.74, 6) is 0.823. The van der Waals surface area contributed by atoms with Gasteiger partial charge in [-0.15, -0.1) is 0 Å². The van der Waals surface area contributed by atoms with Gasteiger partial charge in [0.2, 0.25) is 0 Å². The van der Waals surface area contributed by atoms with Crippen molar-refractivity contribution in [2.75, 3.05) is 20.3 Å². The summed E-state index contributed by atoms with van der Waals surface area (Å²) < 4.78 is 11.8. The van der Waals surface area contributed by atoms with Crippen LogP contribution in [0.25, 0.3) is 6.08 Å². The van der Waals surface area contributed by atoms with Gasteiger partial charge in [-0.1, -0.05) is 12.1 Å². The van der Waals surface area contributed by atoms with E-state index in [2.05, 4.69) is 31.9 Å². The monoisotopic (exact) mass is 527 g/mol. The van der Waals surface area contributed by atoms with E-state index in [-0.39, 0.29) is 30.0 Å². The number of phenolic OH excluding ortho intramolecular Hbond substituents is 1. The Kier molecular flexibility index (Phi) is 6.69. The Bertz CT molecular complexity index is 940. The topological polar surface area (TPSA) is 76.1 Å². The van der Waals surface area contributed by atoms with Crippen LogP contribution in [0, 0.1) is 0 Å². The molecule has 1 heterocycles. The molecule has 0 bridgehead atoms. The molecule has 0 radical (unpaired) electrons. The number of nitrogens with zero attached hydrogens (tertiary/aromatic N) is 1. The normalized spacial score (nSPS) is 15.4. The number of benzene rings is 2. The Morgan fingerprint density at radius 3 is 2.43 bits per heavy atom. The van der Waals surface area contributed by atoms with Crippen molar-refractivity contribution in [1.82, 2.24) is 4.90 Å². The van der Waals surface area contributed by atoms with Crippen molar-refractivity contribution in [2.45, 2.75) is 0 Å². The number of amides is 2. The summed E-state index contributed by atoms with van der Waals surface area (Å²) in [5, 5.41) is 9.43. The molecule has 1 aliphatic heterocycles. The van der Waals surface area contributed by atoms with Crippen LogP contribution in [0.4, 0.5) is 4.79 Å². The number of hydrogen-bond donors (Lipinski definition) is 1. The minimum absolute atomic E-state index is 0.0683. The maximum absolute atomic E-state index is 12.6. The third-order valence-electron chi connectivity index (χ3n) is 3.85. The molecule has 3 rings (SSSR count). The number of methoxy groups -OCH3 is 1. The van der Waals surface area contributed by atoms with E-state index in [4.69, 9.17) is 9.47 Å². The van der Waals surface area contributed by atoms with E-state index < -0.39 is 0 Å². The van der Waals surface area contributed by atoms with Crippen LogP contribution in [0.3, 0.4) is 0 Å². The largest absolute Gasteiger partial charge is 0.506 e. The number of para-hydroxylation sites is 2. The standard InChI is InChI=1S/C19H15Br2NO5S/c1-26-14-4-2-3-5-15(14)27-7-6-22-18(24)16(28-19(22)25)10-11-8-12(20)17(23)13(21)9-11/h2-5,8-10,23H,6-7H2,1H3/b16-10-. The predicted octanol–water partition coefficient (Wildman–Crippen LogP) is 5.04. The van der Waals surface area contributed by atoms with Crippen molar-refractivity contribution in [1.29, 1.82) is 0 Å². The summed E-state index contributed by atoms with van der Waals surface area (Å²) in [7, 11) is 1.55. The van der Waals surface area contributed by atoms with Crippen molar-refractivity contribution in [3.05, 3.63) is 55.8 Å². The molecule has 6 nitrogen and oxygen atoms in total. The smallest absolute Gasteiger partial charge is 0.293 e. The van der Waals surface area contributed by atoms with Gasteiger partial charge in [-0.3, -0.25) is 14.5 Å². The van der Waals surface area contributed by atoms with Crippen molar-refractivity contribution >= 4 is 60.8 Å². The first kappa shape index (κ1) is 20.8. The number of carbonyl (C=O) groups excluding carboxylic acids is 2. The average molecular weight is 529 g/mol. The molecule has 0 saturated carbocycles. The Labute approximate surface area is 182 Å². The lowest BCUT2D eigenvalue weighted by Crippen LogP contribution is -2.32. The fourth-order valence-corrected chi connectivity index (χ4v) is 4.58. The number of phenols is 1. The second-order valence-electron chi connectivity index (χ2n) is 5.67. The molecular formula is C19H15Br2NO5S. The molecule has 1 fully saturated rings. The van der Waals surface area contributed by atoms with E-state index in [1.165, 1.54) is 0 Å². The molecule has 2 amide bonds. The fourth-order valence-electron chi connectivity index (χ4n) is 2.50. The summed E-state index contributed by atoms with van der Waals surface area (Å²) >= 11 is 7.37. The van der Waals surface area contributed by atoms with Crippen LogP contribution >= 0.6 is 43.6 Å². The van der Waals surface area contributed by atoms with Gasteiger partial charge in [0.05, 0.1) is 27.5 Å². The second kappa shape index (κ2) is 9.02. The number of hydrogen-bond acceptors (Lipinski definition) is 6. The van der Waals surface area contributed by atoms with Gasteiger partial charge >= 0.3 is 0 Å². The highest BCUT2D eigenvalue weighted by Crippen LogP contribution is 2.37. The maximum atomic E-state index is 12.6. The van der Waals surface area contributed by atoms with E-state index in [1.807, 2.05) is 12.1 Å². The van der Waals surface area contributed by atoms with Crippen LogP contribution in [0.5, 0.6) is 17.2 Å². The van der Waals surface area contributed by atoms with Gasteiger partial charge in [0, 0.05) is 0 Å². The van der Waals surface area contributed by atoms with Crippen LogP contribution in [0.15, 0.2) is 50.2 Å². The molecule has 0 spiro atoms. The number of carbonyl (C=O) groups is 2. The number of thioether (sulfide) groups is 1. The Balaban J connectivity index is 1.68. The first-order valence-electron chi connectivity index (χ1n) is 8.10. The zero-order chi connectivity index (χ0) is 20.3. The molecule has 0 unspecified atom stereocenters. The third-order valence-corrected chi connectivity index (χ3v) is 5.97. The van der Waals surface area contributed by atoms with E-state index >= 15 is 0 Å². The van der Waals surface area contributed by atoms with E-state index in [0.29, 0.717) is 30.9 Å². The van der Waals surface area contributed by atoms with Gasteiger partial charge in [-0.05, 0) is 79.5 Å². The zero-order valence-corrected chi connectivity index (χ0v) is 18.6. The fraction of sp³-hybridized carbons (Fsp3) is 0.158. The number of aromatic hydroxyl groups is 1. The lowest BCUT2D eigenvalue weighted by Gasteiger charge is -2.14. The van der Waals surface area contributed by atoms with Crippen LogP contribution in [-0.2, 0) is 4.79 Å². The van der Waals surface area contributed by atoms with Crippen LogP contribution in [0.2, 0.25) is 0 Å². The van der Waals surface area contributed by atoms with Gasteiger partial charge in [-0.25, -0.2) is 0 Å². The van der Waals surface area contributed by atoms with Gasteiger partial charge in [-0.2, -0.15) is 0 Å². The van der Waals surface area contributed by atoms with Crippen molar-refractivity contribution < 1.29 is 24.2 Å². The number of imide groups is 1. The minimum Gasteiger partial charge on any atom is -0.506 e. The van der Waals surface area contributed by atoms with Crippen LogP contribution in [-0.4, -0.2) is 41.4 Å². The van der Waals surface area contributed by atoms with Crippen LogP contribution < -0.4 is 9.47 Å². The molecular weight excluding hydrogens is 514 g/mol. The van der Waals surface area contributed by atoms with Crippen molar-refractivity contribution in [2.24, 2.45) is 0 Å². The Hall–Kier alpha value is -1.97. The van der Waals surface area contributed by atoms with Gasteiger partial charge in [0.25, 0.3) is 11.1 Å². The van der Waals surface area contributed by atoms with Gasteiger partial charge in [0.1, 0.15) is 12.4 Å². The third kappa shape index (κ3) is 4.53. The van der Waals surface area contributed by atoms with Crippen LogP contribution in [0.1, 0.15) is 5.56 Å². The van der Waals surface area contributed by atoms with E-state index in [9.17, 15) is 14.7 Å². The van der Waals surface area contributed by atoms with E-state index in [1.54, 1.807) is 37.5 Å². The molecule has 0 aromatic heterocycles. The number of rotatable bonds is 6. The average Bonchev–Trinajstić information content (AvgIpc) is 2.93. The zero-order valence-electron chi connectivity index (χ0n) is 14.6. The molecule has 28 heavy (non-hydrogen) atoms. The summed E-state index contributed by atoms with van der Waals surface area (Å²) in [4.78, 5) is 26.3. The Morgan fingerprint density at radius 2 is 1.79 bits per heavy atom. The Morgan fingerprint density at radius 1 is 1.14 bits per heavy atom. The number of ether oxygens (including phenoxy) is 2. The molecule has 1 aliphatic rings. The van der Waals surface area contributed by atoms with Crippen molar-refractivity contribution in [3.8, 4) is 17.2 Å². The van der Waals surface area contributed by atoms with Gasteiger partial charge in [0.15, 0.2) is 11.5 Å². The highest BCUT2D eigenvalue weighted by atomic mass is 79.9. The second-order valence-corrected chi connectivity index (χ2v) is 8.37. The molecule has 1 saturated heterocycles. The maximum Gasteiger partial charge on any atom is 0.293 e. The molecule has 146 valence electrons. The highest BCUT2D eigenvalue weighted by molar-refractivity contribution is 9.11. The summed E-state index contributed by atoms with van der Waals surface area (Å²) in [6.45, 7) is 0.283. The first-order valence-corrected chi connectivity index (χ1v) is 10.5. The molecule has 0 atom stereocenters. The summed E-state index contributed by atoms with van der Waals surface area (Å²) in [6, 6.07) is 10.5. The van der Waals surface area contributed by atoms with Gasteiger partial charge < -0.3 is 14.6 Å². The molecule has 2 aromatic rings. The summed E-state index contributed by atoms with van der Waals surface area (Å²) in [6.07, 6.45) is 1.61. The predicted molar refractivity (Wildman–Crippen MR) is 115 cm³/mol. The minimum atomic E-state index is -0.376. The van der Waals surface area contributed by atoms with E-state index in [0.717, 1.165) is 16.7 Å². The molecule has 0 aliphatic carbocycles. The highest BCUT2D eigenvalue weighted by Gasteiger charge is 2.34. The first-order chi connectivity index (χ1) is 13.4. The quantitative estimate of drug-likeness (QED) is 0.529. The SMILES string of the molecule is COc1ccccc1OCCN1C(=O)S/C(=C\c2cc(Br)c(O)c(Br)c2)C1=O. The van der Waals surface area contributed by atoms with Crippen molar-refractivity contribution in [3.63, 3.8) is 0 Å². The summed E-state index contributed by atoms with van der Waals surface area (Å²) in [5.41, 5.74) is 0.673. The molecule has 1 N–H and O–H groups in total. The lowest BCUT2D eigenvalue weighted by atomic mass is 10.2. The lowest BCUT2D eigenvalue weighted by molar-refractivity contribution is -0.123. The molecule has 9 heteroatoms. The number of halogens is 2.